The van der Waals surface area contributed by atoms with Gasteiger partial charge in [0, 0.05) is 16.4 Å². The number of benzene rings is 3. The molecule has 192 valence electrons. The van der Waals surface area contributed by atoms with Crippen LogP contribution in [0.4, 0.5) is 0 Å². The van der Waals surface area contributed by atoms with E-state index < -0.39 is 11.4 Å². The molecule has 2 aliphatic heterocycles. The third-order valence-electron chi connectivity index (χ3n) is 7.75. The second-order valence-corrected chi connectivity index (χ2v) is 12.8. The largest absolute Gasteiger partial charge is 0.508 e. The fourth-order valence-electron chi connectivity index (χ4n) is 6.29. The molecule has 2 atom stereocenters. The summed E-state index contributed by atoms with van der Waals surface area (Å²) in [6, 6.07) is 19.0. The Kier molecular flexibility index (Phi) is 5.28. The topological polar surface area (TPSA) is 81.0 Å². The van der Waals surface area contributed by atoms with Crippen LogP contribution >= 0.6 is 11.3 Å². The van der Waals surface area contributed by atoms with Gasteiger partial charge in [0.05, 0.1) is 22.4 Å². The van der Waals surface area contributed by atoms with E-state index in [2.05, 4.69) is 39.6 Å². The van der Waals surface area contributed by atoms with Crippen molar-refractivity contribution in [1.82, 2.24) is 4.98 Å². The highest BCUT2D eigenvalue weighted by Crippen LogP contribution is 2.69. The van der Waals surface area contributed by atoms with Crippen molar-refractivity contribution >= 4 is 21.6 Å². The Bertz CT molecular complexity index is 1490. The van der Waals surface area contributed by atoms with Crippen LogP contribution in [0.5, 0.6) is 11.5 Å². The molecule has 2 unspecified atom stereocenters. The Labute approximate surface area is 220 Å². The Morgan fingerprint density at radius 2 is 1.73 bits per heavy atom. The second-order valence-electron chi connectivity index (χ2n) is 11.8. The van der Waals surface area contributed by atoms with Gasteiger partial charge in [-0.25, -0.2) is 9.87 Å². The molecule has 2 aliphatic rings. The first kappa shape index (κ1) is 24.4. The third-order valence-corrected chi connectivity index (χ3v) is 8.82. The highest BCUT2D eigenvalue weighted by molar-refractivity contribution is 7.21. The van der Waals surface area contributed by atoms with Crippen LogP contribution in [0.2, 0.25) is 0 Å². The summed E-state index contributed by atoms with van der Waals surface area (Å²) in [5.41, 5.74) is 2.82. The number of aromatic hydroxyl groups is 2. The molecule has 0 aliphatic carbocycles. The van der Waals surface area contributed by atoms with Crippen LogP contribution in [-0.2, 0) is 26.7 Å². The lowest BCUT2D eigenvalue weighted by atomic mass is 9.57. The maximum atomic E-state index is 10.9. The average Bonchev–Trinajstić information content (AvgIpc) is 3.27. The smallest absolute Gasteiger partial charge is 0.261 e. The second kappa shape index (κ2) is 8.01. The Hall–Kier alpha value is -2.97. The number of hydrogen-bond donors (Lipinski definition) is 2. The van der Waals surface area contributed by atoms with Crippen molar-refractivity contribution in [3.63, 3.8) is 0 Å². The van der Waals surface area contributed by atoms with Crippen molar-refractivity contribution in [1.29, 1.82) is 0 Å². The van der Waals surface area contributed by atoms with E-state index in [0.717, 1.165) is 31.9 Å². The molecule has 6 nitrogen and oxygen atoms in total. The number of phenols is 2. The van der Waals surface area contributed by atoms with Gasteiger partial charge in [-0.05, 0) is 60.0 Å². The van der Waals surface area contributed by atoms with Gasteiger partial charge in [-0.15, -0.1) is 11.3 Å². The molecule has 7 heteroatoms. The van der Waals surface area contributed by atoms with Gasteiger partial charge in [0.2, 0.25) is 0 Å². The van der Waals surface area contributed by atoms with Gasteiger partial charge in [0.25, 0.3) is 5.79 Å². The van der Waals surface area contributed by atoms with Crippen LogP contribution in [0.1, 0.15) is 51.3 Å². The summed E-state index contributed by atoms with van der Waals surface area (Å²) in [5, 5.41) is 22.3. The number of nitrogens with zero attached hydrogens (tertiary/aromatic N) is 1. The molecule has 0 radical (unpaired) electrons. The van der Waals surface area contributed by atoms with Gasteiger partial charge in [0.1, 0.15) is 16.5 Å². The monoisotopic (exact) mass is 517 g/mol. The normalized spacial score (nSPS) is 24.7. The van der Waals surface area contributed by atoms with Gasteiger partial charge >= 0.3 is 0 Å². The zero-order valence-electron chi connectivity index (χ0n) is 21.7. The molecule has 0 spiro atoms. The molecule has 0 amide bonds. The van der Waals surface area contributed by atoms with Crippen molar-refractivity contribution in [3.8, 4) is 22.1 Å². The van der Waals surface area contributed by atoms with E-state index in [1.165, 1.54) is 0 Å². The minimum absolute atomic E-state index is 0.129. The van der Waals surface area contributed by atoms with Crippen molar-refractivity contribution in [2.75, 3.05) is 6.61 Å². The summed E-state index contributed by atoms with van der Waals surface area (Å²) in [6.45, 7) is 11.1. The van der Waals surface area contributed by atoms with E-state index in [9.17, 15) is 10.2 Å². The maximum absolute atomic E-state index is 10.9. The molecule has 2 N–H and O–H groups in total. The number of thiazole rings is 1. The van der Waals surface area contributed by atoms with E-state index >= 15 is 0 Å². The van der Waals surface area contributed by atoms with Gasteiger partial charge in [-0.2, -0.15) is 4.89 Å². The van der Waals surface area contributed by atoms with Gasteiger partial charge < -0.3 is 14.9 Å². The molecule has 3 aromatic carbocycles. The molecule has 3 heterocycles. The third kappa shape index (κ3) is 3.45. The van der Waals surface area contributed by atoms with Crippen LogP contribution in [0.15, 0.2) is 60.7 Å². The minimum atomic E-state index is -1.11. The van der Waals surface area contributed by atoms with Gasteiger partial charge in [-0.1, -0.05) is 52.8 Å². The lowest BCUT2D eigenvalue weighted by molar-refractivity contribution is -0.626. The minimum Gasteiger partial charge on any atom is -0.508 e. The number of aromatic nitrogens is 1. The Balaban J connectivity index is 1.33. The summed E-state index contributed by atoms with van der Waals surface area (Å²) in [6.07, 6.45) is 0.512. The van der Waals surface area contributed by atoms with E-state index in [-0.39, 0.29) is 22.3 Å². The molecular formula is C30H31NO5S. The molecule has 1 aromatic heterocycles. The number of phenolic OH excluding ortho intramolecular Hbond substituents is 2. The van der Waals surface area contributed by atoms with Crippen molar-refractivity contribution in [2.24, 2.45) is 10.8 Å². The highest BCUT2D eigenvalue weighted by Gasteiger charge is 2.81. The van der Waals surface area contributed by atoms with E-state index in [4.69, 9.17) is 14.5 Å². The van der Waals surface area contributed by atoms with E-state index in [0.29, 0.717) is 18.6 Å². The van der Waals surface area contributed by atoms with E-state index in [1.54, 1.807) is 29.5 Å². The zero-order chi connectivity index (χ0) is 26.2. The molecule has 6 rings (SSSR count). The fourth-order valence-corrected chi connectivity index (χ4v) is 7.29. The zero-order valence-corrected chi connectivity index (χ0v) is 22.5. The maximum Gasteiger partial charge on any atom is 0.261 e. The first-order valence-electron chi connectivity index (χ1n) is 12.5. The number of hydrogen-bond acceptors (Lipinski definition) is 7. The SMILES string of the molecule is CC(C)(C)C12OOC1(c1cc(O)cc(Cc3ccc(-c4nc5ccccc5s4)c(O)c3)c1)OCC2(C)C. The van der Waals surface area contributed by atoms with Crippen molar-refractivity contribution in [3.05, 3.63) is 77.4 Å². The van der Waals surface area contributed by atoms with Crippen LogP contribution in [-0.4, -0.2) is 27.4 Å². The van der Waals surface area contributed by atoms with Crippen molar-refractivity contribution < 1.29 is 24.7 Å². The number of rotatable bonds is 4. The average molecular weight is 518 g/mol. The summed E-state index contributed by atoms with van der Waals surface area (Å²) < 4.78 is 7.42. The molecule has 37 heavy (non-hydrogen) atoms. The summed E-state index contributed by atoms with van der Waals surface area (Å²) in [5.74, 6) is -0.802. The van der Waals surface area contributed by atoms with Gasteiger partial charge in [-0.3, -0.25) is 0 Å². The van der Waals surface area contributed by atoms with E-state index in [1.807, 2.05) is 42.5 Å². The summed E-state index contributed by atoms with van der Waals surface area (Å²) >= 11 is 1.56. The standard InChI is InChI=1S/C30H31NO5S/c1-27(2,3)30-28(4,5)17-34-29(30,35-36-30)20-13-19(14-21(32)16-20)12-18-10-11-22(24(33)15-18)26-31-23-8-6-7-9-25(23)37-26/h6-11,13-16,32-33H,12,17H2,1-5H3. The number of para-hydroxylation sites is 1. The van der Waals surface area contributed by atoms with Crippen molar-refractivity contribution in [2.45, 2.75) is 52.4 Å². The van der Waals surface area contributed by atoms with Gasteiger partial charge in [0.15, 0.2) is 5.60 Å². The van der Waals surface area contributed by atoms with Crippen LogP contribution < -0.4 is 0 Å². The molecule has 0 saturated carbocycles. The molecule has 0 bridgehead atoms. The first-order valence-corrected chi connectivity index (χ1v) is 13.3. The molecule has 2 saturated heterocycles. The quantitative estimate of drug-likeness (QED) is 0.286. The number of ether oxygens (including phenoxy) is 1. The molecule has 2 fully saturated rings. The first-order chi connectivity index (χ1) is 17.5. The number of fused-ring (bicyclic) bond motifs is 2. The Morgan fingerprint density at radius 1 is 0.946 bits per heavy atom. The summed E-state index contributed by atoms with van der Waals surface area (Å²) in [4.78, 5) is 16.4. The molecular weight excluding hydrogens is 486 g/mol. The lowest BCUT2D eigenvalue weighted by Gasteiger charge is -2.61. The fraction of sp³-hybridized carbons (Fsp3) is 0.367. The van der Waals surface area contributed by atoms with Crippen LogP contribution in [0.25, 0.3) is 20.8 Å². The summed E-state index contributed by atoms with van der Waals surface area (Å²) in [7, 11) is 0. The highest BCUT2D eigenvalue weighted by atomic mass is 32.1. The molecule has 4 aromatic rings. The predicted octanol–water partition coefficient (Wildman–Crippen LogP) is 6.92. The van der Waals surface area contributed by atoms with Crippen LogP contribution in [0, 0.1) is 10.8 Å². The van der Waals surface area contributed by atoms with Crippen LogP contribution in [0.3, 0.4) is 0 Å². The Morgan fingerprint density at radius 3 is 2.41 bits per heavy atom. The lowest BCUT2D eigenvalue weighted by Crippen LogP contribution is -2.73. The predicted molar refractivity (Wildman–Crippen MR) is 143 cm³/mol.